The molecule has 0 aliphatic carbocycles. The van der Waals surface area contributed by atoms with Crippen LogP contribution in [0.5, 0.6) is 0 Å². The molecule has 1 aliphatic rings. The molecule has 2 aromatic carbocycles. The minimum atomic E-state index is -0.367. The number of aliphatic hydroxyl groups is 1. The molecule has 0 bridgehead atoms. The normalized spacial score (nSPS) is 32.8. The van der Waals surface area contributed by atoms with Gasteiger partial charge in [0.05, 0.1) is 18.3 Å². The van der Waals surface area contributed by atoms with Gasteiger partial charge in [-0.05, 0) is 11.1 Å². The lowest BCUT2D eigenvalue weighted by Gasteiger charge is -2.43. The molecule has 1 aliphatic heterocycles. The summed E-state index contributed by atoms with van der Waals surface area (Å²) >= 11 is 0. The van der Waals surface area contributed by atoms with E-state index in [1.807, 2.05) is 36.4 Å². The van der Waals surface area contributed by atoms with Gasteiger partial charge in [-0.25, -0.2) is 0 Å². The van der Waals surface area contributed by atoms with Gasteiger partial charge in [-0.2, -0.15) is 0 Å². The Morgan fingerprint density at radius 3 is 1.48 bits per heavy atom. The molecule has 0 aromatic heterocycles. The summed E-state index contributed by atoms with van der Waals surface area (Å²) in [6, 6.07) is 20.4. The highest BCUT2D eigenvalue weighted by Gasteiger charge is 2.41. The number of hydrogen-bond acceptors (Lipinski definition) is 2. The van der Waals surface area contributed by atoms with Gasteiger partial charge in [0.15, 0.2) is 0 Å². The van der Waals surface area contributed by atoms with E-state index in [4.69, 9.17) is 4.74 Å². The smallest absolute Gasteiger partial charge is 0.0883 e. The van der Waals surface area contributed by atoms with E-state index in [9.17, 15) is 5.11 Å². The van der Waals surface area contributed by atoms with E-state index < -0.39 is 0 Å². The molecule has 1 unspecified atom stereocenters. The first-order valence-electron chi connectivity index (χ1n) is 7.62. The van der Waals surface area contributed by atoms with Gasteiger partial charge in [0.1, 0.15) is 0 Å². The summed E-state index contributed by atoms with van der Waals surface area (Å²) in [5.74, 6) is 0.171. The number of ether oxygens (including phenoxy) is 1. The van der Waals surface area contributed by atoms with E-state index in [-0.39, 0.29) is 30.1 Å². The molecule has 3 rings (SSSR count). The summed E-state index contributed by atoms with van der Waals surface area (Å²) in [4.78, 5) is 0. The molecule has 1 N–H and O–H groups in total. The Hall–Kier alpha value is -1.64. The third-order valence-corrected chi connectivity index (χ3v) is 4.58. The zero-order valence-electron chi connectivity index (χ0n) is 12.5. The molecule has 0 amide bonds. The largest absolute Gasteiger partial charge is 0.392 e. The lowest BCUT2D eigenvalue weighted by molar-refractivity contribution is -0.169. The van der Waals surface area contributed by atoms with Crippen molar-refractivity contribution in [3.63, 3.8) is 0 Å². The molecule has 5 atom stereocenters. The Morgan fingerprint density at radius 2 is 1.10 bits per heavy atom. The van der Waals surface area contributed by atoms with Crippen molar-refractivity contribution < 1.29 is 9.84 Å². The van der Waals surface area contributed by atoms with Crippen LogP contribution >= 0.6 is 0 Å². The highest BCUT2D eigenvalue weighted by Crippen LogP contribution is 2.45. The second kappa shape index (κ2) is 6.00. The predicted molar refractivity (Wildman–Crippen MR) is 83.8 cm³/mol. The van der Waals surface area contributed by atoms with E-state index in [2.05, 4.69) is 38.1 Å². The Bertz CT molecular complexity index is 515. The third kappa shape index (κ3) is 2.74. The molecule has 2 heteroatoms. The molecule has 1 fully saturated rings. The van der Waals surface area contributed by atoms with Crippen molar-refractivity contribution in [1.82, 2.24) is 0 Å². The Morgan fingerprint density at radius 1 is 0.714 bits per heavy atom. The third-order valence-electron chi connectivity index (χ3n) is 4.58. The summed E-state index contributed by atoms with van der Waals surface area (Å²) < 4.78 is 6.39. The molecule has 1 saturated heterocycles. The minimum Gasteiger partial charge on any atom is -0.392 e. The topological polar surface area (TPSA) is 29.5 Å². The fourth-order valence-electron chi connectivity index (χ4n) is 3.29. The highest BCUT2D eigenvalue weighted by atomic mass is 16.5. The van der Waals surface area contributed by atoms with Crippen molar-refractivity contribution in [2.75, 3.05) is 0 Å². The van der Waals surface area contributed by atoms with Crippen molar-refractivity contribution in [3.05, 3.63) is 71.8 Å². The monoisotopic (exact) mass is 282 g/mol. The fraction of sp³-hybridized carbons (Fsp3) is 0.368. The first kappa shape index (κ1) is 14.3. The van der Waals surface area contributed by atoms with E-state index in [1.54, 1.807) is 0 Å². The van der Waals surface area contributed by atoms with Gasteiger partial charge >= 0.3 is 0 Å². The maximum atomic E-state index is 10.6. The van der Waals surface area contributed by atoms with Crippen molar-refractivity contribution in [2.45, 2.75) is 32.2 Å². The Labute approximate surface area is 126 Å². The summed E-state index contributed by atoms with van der Waals surface area (Å²) in [5, 5.41) is 10.6. The maximum Gasteiger partial charge on any atom is 0.0883 e. The second-order valence-electron chi connectivity index (χ2n) is 6.01. The maximum absolute atomic E-state index is 10.6. The zero-order chi connectivity index (χ0) is 14.8. The molecule has 21 heavy (non-hydrogen) atoms. The molecular formula is C19H22O2. The van der Waals surface area contributed by atoms with E-state index in [1.165, 1.54) is 0 Å². The van der Waals surface area contributed by atoms with Crippen molar-refractivity contribution in [2.24, 2.45) is 11.8 Å². The first-order chi connectivity index (χ1) is 10.2. The van der Waals surface area contributed by atoms with E-state index >= 15 is 0 Å². The Kier molecular flexibility index (Phi) is 4.09. The zero-order valence-corrected chi connectivity index (χ0v) is 12.5. The standard InChI is InChI=1S/C19H22O2/c1-13-17(20)14(2)19(16-11-7-4-8-12-16)21-18(13)15-9-5-3-6-10-15/h3-14,17-20H,1-2H3/t13-,14-,17?,18-,19+/m1/s1. The molecule has 2 nitrogen and oxygen atoms in total. The second-order valence-corrected chi connectivity index (χ2v) is 6.01. The minimum absolute atomic E-state index is 0.0670. The molecule has 0 spiro atoms. The molecule has 1 heterocycles. The molecule has 110 valence electrons. The molecule has 2 aromatic rings. The first-order valence-corrected chi connectivity index (χ1v) is 7.62. The SMILES string of the molecule is C[C@@H]1C(O)[C@@H](C)[C@H](c2ccccc2)O[C@@H]1c1ccccc1. The highest BCUT2D eigenvalue weighted by molar-refractivity contribution is 5.23. The summed E-state index contributed by atoms with van der Waals surface area (Å²) in [6.07, 6.45) is -0.501. The van der Waals surface area contributed by atoms with Crippen LogP contribution < -0.4 is 0 Å². The van der Waals surface area contributed by atoms with Crippen LogP contribution in [0, 0.1) is 11.8 Å². The summed E-state index contributed by atoms with van der Waals surface area (Å²) in [5.41, 5.74) is 2.27. The van der Waals surface area contributed by atoms with Crippen molar-refractivity contribution in [1.29, 1.82) is 0 Å². The molecule has 0 saturated carbocycles. The van der Waals surface area contributed by atoms with Crippen LogP contribution in [0.3, 0.4) is 0 Å². The van der Waals surface area contributed by atoms with Crippen LogP contribution in [0.25, 0.3) is 0 Å². The molecule has 0 radical (unpaired) electrons. The van der Waals surface area contributed by atoms with Crippen molar-refractivity contribution >= 4 is 0 Å². The van der Waals surface area contributed by atoms with Gasteiger partial charge in [0, 0.05) is 11.8 Å². The number of aliphatic hydroxyl groups excluding tert-OH is 1. The summed E-state index contributed by atoms with van der Waals surface area (Å²) in [6.45, 7) is 4.14. The van der Waals surface area contributed by atoms with Crippen molar-refractivity contribution in [3.8, 4) is 0 Å². The Balaban J connectivity index is 1.93. The summed E-state index contributed by atoms with van der Waals surface area (Å²) in [7, 11) is 0. The number of rotatable bonds is 2. The fourth-order valence-corrected chi connectivity index (χ4v) is 3.29. The van der Waals surface area contributed by atoms with Gasteiger partial charge in [-0.15, -0.1) is 0 Å². The lowest BCUT2D eigenvalue weighted by atomic mass is 9.79. The number of benzene rings is 2. The quantitative estimate of drug-likeness (QED) is 0.897. The van der Waals surface area contributed by atoms with E-state index in [0.717, 1.165) is 11.1 Å². The number of hydrogen-bond donors (Lipinski definition) is 1. The van der Waals surface area contributed by atoms with Crippen LogP contribution in [0.15, 0.2) is 60.7 Å². The van der Waals surface area contributed by atoms with Crippen LogP contribution in [-0.4, -0.2) is 11.2 Å². The van der Waals surface area contributed by atoms with Gasteiger partial charge < -0.3 is 9.84 Å². The van der Waals surface area contributed by atoms with Gasteiger partial charge in [-0.3, -0.25) is 0 Å². The van der Waals surface area contributed by atoms with Crippen LogP contribution in [0.2, 0.25) is 0 Å². The van der Waals surface area contributed by atoms with Crippen LogP contribution in [-0.2, 0) is 4.74 Å². The molecular weight excluding hydrogens is 260 g/mol. The van der Waals surface area contributed by atoms with Crippen LogP contribution in [0.4, 0.5) is 0 Å². The average Bonchev–Trinajstić information content (AvgIpc) is 2.55. The van der Waals surface area contributed by atoms with Gasteiger partial charge in [0.2, 0.25) is 0 Å². The lowest BCUT2D eigenvalue weighted by Crippen LogP contribution is -2.41. The van der Waals surface area contributed by atoms with Gasteiger partial charge in [-0.1, -0.05) is 74.5 Å². The van der Waals surface area contributed by atoms with Gasteiger partial charge in [0.25, 0.3) is 0 Å². The van der Waals surface area contributed by atoms with Crippen LogP contribution in [0.1, 0.15) is 37.2 Å². The predicted octanol–water partition coefficient (Wildman–Crippen LogP) is 4.13. The average molecular weight is 282 g/mol. The van der Waals surface area contributed by atoms with E-state index in [0.29, 0.717) is 0 Å².